The average molecular weight is 340 g/mol. The molecule has 0 unspecified atom stereocenters. The van der Waals surface area contributed by atoms with Crippen molar-refractivity contribution in [3.63, 3.8) is 0 Å². The maximum atomic E-state index is 5.28. The second-order valence-electron chi connectivity index (χ2n) is 6.19. The van der Waals surface area contributed by atoms with E-state index in [1.165, 1.54) is 38.5 Å². The lowest BCUT2D eigenvalue weighted by atomic mass is 10.2. The first kappa shape index (κ1) is 16.1. The first-order valence-corrected chi connectivity index (χ1v) is 9.93. The largest absolute Gasteiger partial charge is 0.363 e. The first-order chi connectivity index (χ1) is 10.8. The van der Waals surface area contributed by atoms with Crippen LogP contribution in [0.3, 0.4) is 0 Å². The predicted octanol–water partition coefficient (Wildman–Crippen LogP) is 2.67. The SMILES string of the molecule is CSc1nnc(CCCNC(=S)NC2CC2)n1C1CCCC1. The van der Waals surface area contributed by atoms with Crippen LogP contribution in [0.25, 0.3) is 0 Å². The molecule has 3 rings (SSSR count). The summed E-state index contributed by atoms with van der Waals surface area (Å²) in [6.07, 6.45) is 11.8. The van der Waals surface area contributed by atoms with E-state index >= 15 is 0 Å². The Morgan fingerprint density at radius 3 is 2.73 bits per heavy atom. The van der Waals surface area contributed by atoms with Crippen molar-refractivity contribution in [1.29, 1.82) is 0 Å². The van der Waals surface area contributed by atoms with Crippen molar-refractivity contribution in [3.8, 4) is 0 Å². The summed E-state index contributed by atoms with van der Waals surface area (Å²) in [5.41, 5.74) is 0. The van der Waals surface area contributed by atoms with E-state index in [0.29, 0.717) is 12.1 Å². The Morgan fingerprint density at radius 2 is 2.05 bits per heavy atom. The molecule has 0 aliphatic heterocycles. The maximum absolute atomic E-state index is 5.28. The molecule has 2 aliphatic rings. The van der Waals surface area contributed by atoms with Crippen LogP contribution in [0.15, 0.2) is 5.16 Å². The minimum atomic E-state index is 0.609. The average Bonchev–Trinajstić information content (AvgIpc) is 3.03. The molecule has 0 radical (unpaired) electrons. The molecule has 7 heteroatoms. The molecule has 22 heavy (non-hydrogen) atoms. The van der Waals surface area contributed by atoms with Crippen LogP contribution in [0.4, 0.5) is 0 Å². The summed E-state index contributed by atoms with van der Waals surface area (Å²) in [5, 5.41) is 17.2. The Kier molecular flexibility index (Phi) is 5.57. The van der Waals surface area contributed by atoms with E-state index in [4.69, 9.17) is 12.2 Å². The zero-order chi connectivity index (χ0) is 15.4. The van der Waals surface area contributed by atoms with E-state index < -0.39 is 0 Å². The molecule has 1 aromatic heterocycles. The lowest BCUT2D eigenvalue weighted by Crippen LogP contribution is -2.37. The first-order valence-electron chi connectivity index (χ1n) is 8.30. The third-order valence-electron chi connectivity index (χ3n) is 4.38. The van der Waals surface area contributed by atoms with Crippen LogP contribution in [-0.4, -0.2) is 38.7 Å². The molecule has 5 nitrogen and oxygen atoms in total. The summed E-state index contributed by atoms with van der Waals surface area (Å²) in [5.74, 6) is 1.14. The molecule has 0 aromatic carbocycles. The molecular formula is C15H25N5S2. The second-order valence-corrected chi connectivity index (χ2v) is 7.37. The molecule has 2 saturated carbocycles. The molecule has 0 atom stereocenters. The number of thioether (sulfide) groups is 1. The van der Waals surface area contributed by atoms with Crippen LogP contribution < -0.4 is 10.6 Å². The van der Waals surface area contributed by atoms with Crippen molar-refractivity contribution < 1.29 is 0 Å². The van der Waals surface area contributed by atoms with Gasteiger partial charge in [0.05, 0.1) is 0 Å². The van der Waals surface area contributed by atoms with Gasteiger partial charge in [0, 0.05) is 25.0 Å². The van der Waals surface area contributed by atoms with E-state index in [1.807, 2.05) is 0 Å². The summed E-state index contributed by atoms with van der Waals surface area (Å²) in [6, 6.07) is 1.23. The van der Waals surface area contributed by atoms with Gasteiger partial charge in [-0.1, -0.05) is 24.6 Å². The third-order valence-corrected chi connectivity index (χ3v) is 5.29. The Balaban J connectivity index is 1.49. The number of thiocarbonyl (C=S) groups is 1. The smallest absolute Gasteiger partial charge is 0.191 e. The summed E-state index contributed by atoms with van der Waals surface area (Å²) in [7, 11) is 0. The van der Waals surface area contributed by atoms with E-state index in [-0.39, 0.29) is 0 Å². The van der Waals surface area contributed by atoms with Crippen LogP contribution >= 0.6 is 24.0 Å². The van der Waals surface area contributed by atoms with Gasteiger partial charge in [0.1, 0.15) is 5.82 Å². The second kappa shape index (κ2) is 7.64. The molecule has 0 amide bonds. The fourth-order valence-electron chi connectivity index (χ4n) is 3.06. The van der Waals surface area contributed by atoms with Crippen molar-refractivity contribution in [1.82, 2.24) is 25.4 Å². The lowest BCUT2D eigenvalue weighted by molar-refractivity contribution is 0.460. The van der Waals surface area contributed by atoms with E-state index in [1.54, 1.807) is 11.8 Å². The van der Waals surface area contributed by atoms with Crippen LogP contribution in [0, 0.1) is 0 Å². The molecule has 122 valence electrons. The van der Waals surface area contributed by atoms with Crippen LogP contribution in [0.1, 0.15) is 56.8 Å². The number of rotatable bonds is 7. The van der Waals surface area contributed by atoms with Crippen LogP contribution in [0.5, 0.6) is 0 Å². The standard InChI is InChI=1S/C15H25N5S2/c1-22-15-19-18-13(20(15)12-5-2-3-6-12)7-4-10-16-14(21)17-11-8-9-11/h11-12H,2-10H2,1H3,(H2,16,17,21). The molecule has 0 spiro atoms. The highest BCUT2D eigenvalue weighted by Gasteiger charge is 2.23. The summed E-state index contributed by atoms with van der Waals surface area (Å²) in [6.45, 7) is 0.894. The number of aryl methyl sites for hydroxylation is 1. The van der Waals surface area contributed by atoms with Crippen molar-refractivity contribution in [2.24, 2.45) is 0 Å². The van der Waals surface area contributed by atoms with Gasteiger partial charge in [0.15, 0.2) is 10.3 Å². The normalized spacial score (nSPS) is 18.6. The molecule has 2 N–H and O–H groups in total. The highest BCUT2D eigenvalue weighted by atomic mass is 32.2. The number of nitrogens with one attached hydrogen (secondary N) is 2. The minimum Gasteiger partial charge on any atom is -0.363 e. The predicted molar refractivity (Wildman–Crippen MR) is 94.4 cm³/mol. The van der Waals surface area contributed by atoms with Crippen LogP contribution in [0.2, 0.25) is 0 Å². The Labute approximate surface area is 142 Å². The lowest BCUT2D eigenvalue weighted by Gasteiger charge is -2.16. The number of aromatic nitrogens is 3. The zero-order valence-electron chi connectivity index (χ0n) is 13.2. The van der Waals surface area contributed by atoms with Crippen LogP contribution in [-0.2, 0) is 6.42 Å². The summed E-state index contributed by atoms with van der Waals surface area (Å²) in [4.78, 5) is 0. The van der Waals surface area contributed by atoms with Gasteiger partial charge in [0.25, 0.3) is 0 Å². The zero-order valence-corrected chi connectivity index (χ0v) is 14.8. The van der Waals surface area contributed by atoms with Gasteiger partial charge in [-0.25, -0.2) is 0 Å². The molecule has 0 bridgehead atoms. The molecule has 1 heterocycles. The van der Waals surface area contributed by atoms with Gasteiger partial charge in [-0.2, -0.15) is 0 Å². The van der Waals surface area contributed by atoms with E-state index in [9.17, 15) is 0 Å². The van der Waals surface area contributed by atoms with Gasteiger partial charge >= 0.3 is 0 Å². The Hall–Kier alpha value is -0.820. The molecule has 2 fully saturated rings. The van der Waals surface area contributed by atoms with Crippen molar-refractivity contribution in [2.45, 2.75) is 68.6 Å². The summed E-state index contributed by atoms with van der Waals surface area (Å²) >= 11 is 6.98. The molecular weight excluding hydrogens is 314 g/mol. The van der Waals surface area contributed by atoms with Gasteiger partial charge in [-0.05, 0) is 50.6 Å². The maximum Gasteiger partial charge on any atom is 0.191 e. The van der Waals surface area contributed by atoms with E-state index in [0.717, 1.165) is 35.5 Å². The fourth-order valence-corrected chi connectivity index (χ4v) is 3.90. The van der Waals surface area contributed by atoms with Crippen molar-refractivity contribution in [2.75, 3.05) is 12.8 Å². The topological polar surface area (TPSA) is 54.8 Å². The van der Waals surface area contributed by atoms with Gasteiger partial charge in [-0.15, -0.1) is 10.2 Å². The third kappa shape index (κ3) is 4.13. The number of hydrogen-bond donors (Lipinski definition) is 2. The molecule has 2 aliphatic carbocycles. The quantitative estimate of drug-likeness (QED) is 0.452. The highest BCUT2D eigenvalue weighted by molar-refractivity contribution is 7.98. The summed E-state index contributed by atoms with van der Waals surface area (Å²) < 4.78 is 2.39. The van der Waals surface area contributed by atoms with Gasteiger partial charge in [0.2, 0.25) is 0 Å². The minimum absolute atomic E-state index is 0.609. The Morgan fingerprint density at radius 1 is 1.27 bits per heavy atom. The fraction of sp³-hybridized carbons (Fsp3) is 0.800. The van der Waals surface area contributed by atoms with Gasteiger partial charge < -0.3 is 15.2 Å². The molecule has 1 aromatic rings. The number of hydrogen-bond acceptors (Lipinski definition) is 4. The number of nitrogens with zero attached hydrogens (tertiary/aromatic N) is 3. The Bertz CT molecular complexity index is 506. The van der Waals surface area contributed by atoms with E-state index in [2.05, 4.69) is 31.7 Å². The monoisotopic (exact) mass is 339 g/mol. The highest BCUT2D eigenvalue weighted by Crippen LogP contribution is 2.33. The van der Waals surface area contributed by atoms with Crippen molar-refractivity contribution in [3.05, 3.63) is 5.82 Å². The van der Waals surface area contributed by atoms with Crippen molar-refractivity contribution >= 4 is 29.1 Å². The molecule has 0 saturated heterocycles. The van der Waals surface area contributed by atoms with Gasteiger partial charge in [-0.3, -0.25) is 0 Å².